The van der Waals surface area contributed by atoms with E-state index in [0.29, 0.717) is 23.6 Å². The molecule has 0 fully saturated rings. The molecule has 8 nitrogen and oxygen atoms in total. The molecular weight excluding hydrogens is 448 g/mol. The first-order valence-electron chi connectivity index (χ1n) is 8.64. The number of halogens is 1. The Labute approximate surface area is 172 Å². The molecule has 0 saturated carbocycles. The molecule has 0 unspecified atom stereocenters. The lowest BCUT2D eigenvalue weighted by molar-refractivity contribution is 0.0986. The highest BCUT2D eigenvalue weighted by molar-refractivity contribution is 9.11. The molecule has 0 spiro atoms. The first-order chi connectivity index (χ1) is 13.4. The van der Waals surface area contributed by atoms with E-state index in [-0.39, 0.29) is 18.1 Å². The summed E-state index contributed by atoms with van der Waals surface area (Å²) < 4.78 is 7.42. The number of furan rings is 1. The minimum atomic E-state index is -0.717. The smallest absolute Gasteiger partial charge is 0.330 e. The highest BCUT2D eigenvalue weighted by Gasteiger charge is 2.27. The number of H-pyrrole nitrogens is 1. The van der Waals surface area contributed by atoms with E-state index in [2.05, 4.69) is 20.9 Å². The number of aromatic nitrogens is 2. The quantitative estimate of drug-likeness (QED) is 0.554. The molecule has 0 saturated heterocycles. The Morgan fingerprint density at radius 2 is 2.14 bits per heavy atom. The Morgan fingerprint density at radius 3 is 2.75 bits per heavy atom. The normalized spacial score (nSPS) is 10.9. The Balaban J connectivity index is 2.13. The molecule has 0 atom stereocenters. The van der Waals surface area contributed by atoms with Crippen LogP contribution < -0.4 is 21.9 Å². The maximum absolute atomic E-state index is 13.2. The third-order valence-electron chi connectivity index (χ3n) is 4.14. The minimum absolute atomic E-state index is 0.000609. The van der Waals surface area contributed by atoms with E-state index < -0.39 is 17.2 Å². The van der Waals surface area contributed by atoms with Crippen LogP contribution in [0.5, 0.6) is 0 Å². The lowest BCUT2D eigenvalue weighted by Gasteiger charge is -2.23. The van der Waals surface area contributed by atoms with Gasteiger partial charge in [-0.2, -0.15) is 0 Å². The van der Waals surface area contributed by atoms with Crippen molar-refractivity contribution in [2.45, 2.75) is 32.9 Å². The van der Waals surface area contributed by atoms with Crippen molar-refractivity contribution in [3.8, 4) is 0 Å². The van der Waals surface area contributed by atoms with Crippen LogP contribution in [-0.4, -0.2) is 15.5 Å². The molecule has 3 rings (SSSR count). The van der Waals surface area contributed by atoms with Gasteiger partial charge in [0.1, 0.15) is 11.6 Å². The van der Waals surface area contributed by atoms with Crippen molar-refractivity contribution in [1.82, 2.24) is 9.55 Å². The number of aromatic amines is 1. The summed E-state index contributed by atoms with van der Waals surface area (Å²) in [7, 11) is 0. The van der Waals surface area contributed by atoms with Crippen molar-refractivity contribution in [3.05, 3.63) is 65.8 Å². The number of unbranched alkanes of at least 4 members (excludes halogenated alkanes) is 1. The fraction of sp³-hybridized carbons (Fsp3) is 0.278. The number of anilines is 2. The van der Waals surface area contributed by atoms with Gasteiger partial charge < -0.3 is 10.2 Å². The second kappa shape index (κ2) is 8.61. The zero-order valence-electron chi connectivity index (χ0n) is 15.1. The van der Waals surface area contributed by atoms with Crippen molar-refractivity contribution >= 4 is 44.7 Å². The summed E-state index contributed by atoms with van der Waals surface area (Å²) in [5.41, 5.74) is 4.81. The molecule has 0 aliphatic heterocycles. The fourth-order valence-electron chi connectivity index (χ4n) is 2.75. The number of amides is 1. The Kier molecular flexibility index (Phi) is 6.20. The minimum Gasteiger partial charge on any atom is -0.467 e. The van der Waals surface area contributed by atoms with E-state index in [1.165, 1.54) is 27.1 Å². The summed E-state index contributed by atoms with van der Waals surface area (Å²) in [6.07, 6.45) is 3.04. The van der Waals surface area contributed by atoms with Crippen LogP contribution >= 0.6 is 27.3 Å². The van der Waals surface area contributed by atoms with Gasteiger partial charge in [0.15, 0.2) is 5.69 Å². The lowest BCUT2D eigenvalue weighted by Crippen LogP contribution is -2.40. The molecule has 28 heavy (non-hydrogen) atoms. The number of thiophene rings is 1. The van der Waals surface area contributed by atoms with Crippen LogP contribution in [0.1, 0.15) is 35.2 Å². The van der Waals surface area contributed by atoms with Crippen LogP contribution in [0.15, 0.2) is 48.3 Å². The lowest BCUT2D eigenvalue weighted by atomic mass is 10.3. The van der Waals surface area contributed by atoms with E-state index in [4.69, 9.17) is 10.2 Å². The van der Waals surface area contributed by atoms with Gasteiger partial charge in [-0.25, -0.2) is 4.79 Å². The van der Waals surface area contributed by atoms with Gasteiger partial charge in [0, 0.05) is 6.54 Å². The number of nitrogens with two attached hydrogens (primary N) is 1. The van der Waals surface area contributed by atoms with Crippen LogP contribution in [-0.2, 0) is 13.1 Å². The Hall–Kier alpha value is -2.59. The number of carbonyl (C=O) groups is 1. The maximum atomic E-state index is 13.2. The zero-order valence-corrected chi connectivity index (χ0v) is 17.5. The summed E-state index contributed by atoms with van der Waals surface area (Å²) >= 11 is 4.57. The highest BCUT2D eigenvalue weighted by atomic mass is 79.9. The molecule has 3 heterocycles. The fourth-order valence-corrected chi connectivity index (χ4v) is 4.08. The summed E-state index contributed by atoms with van der Waals surface area (Å²) in [4.78, 5) is 41.9. The molecule has 3 aromatic heterocycles. The van der Waals surface area contributed by atoms with Crippen molar-refractivity contribution < 1.29 is 9.21 Å². The van der Waals surface area contributed by atoms with Gasteiger partial charge in [-0.1, -0.05) is 13.3 Å². The summed E-state index contributed by atoms with van der Waals surface area (Å²) in [6.45, 7) is 2.33. The molecular formula is C18H19BrN4O4S. The molecule has 3 N–H and O–H groups in total. The monoisotopic (exact) mass is 466 g/mol. The van der Waals surface area contributed by atoms with E-state index in [0.717, 1.165) is 10.2 Å². The van der Waals surface area contributed by atoms with Gasteiger partial charge in [-0.3, -0.25) is 24.0 Å². The third kappa shape index (κ3) is 4.12. The van der Waals surface area contributed by atoms with Gasteiger partial charge in [0.05, 0.1) is 21.5 Å². The number of nitrogens with one attached hydrogen (secondary N) is 1. The standard InChI is InChI=1S/C18H19BrN4O4S/c1-2-3-8-22-15(20)14(16(24)21-18(22)26)23(10-11-5-4-9-27-11)17(25)12-6-7-13(19)28-12/h4-7,9H,2-3,8,10,20H2,1H3,(H,21,24,26). The topological polar surface area (TPSA) is 114 Å². The number of carbonyl (C=O) groups excluding carboxylic acids is 1. The maximum Gasteiger partial charge on any atom is 0.330 e. The number of nitrogen functional groups attached to an aromatic ring is 1. The van der Waals surface area contributed by atoms with Gasteiger partial charge in [-0.15, -0.1) is 11.3 Å². The van der Waals surface area contributed by atoms with Gasteiger partial charge in [0.25, 0.3) is 11.5 Å². The van der Waals surface area contributed by atoms with E-state index in [1.54, 1.807) is 24.3 Å². The van der Waals surface area contributed by atoms with Crippen molar-refractivity contribution in [2.24, 2.45) is 0 Å². The van der Waals surface area contributed by atoms with Gasteiger partial charge in [0.2, 0.25) is 0 Å². The SMILES string of the molecule is CCCCn1c(N)c(N(Cc2ccco2)C(=O)c2ccc(Br)s2)c(=O)[nH]c1=O. The zero-order chi connectivity index (χ0) is 20.3. The third-order valence-corrected chi connectivity index (χ3v) is 5.75. The number of rotatable bonds is 7. The van der Waals surface area contributed by atoms with Crippen LogP contribution in [0, 0.1) is 0 Å². The second-order valence-corrected chi connectivity index (χ2v) is 8.54. The number of hydrogen-bond donors (Lipinski definition) is 2. The average Bonchev–Trinajstić information content (AvgIpc) is 3.31. The van der Waals surface area contributed by atoms with Gasteiger partial charge in [-0.05, 0) is 46.6 Å². The molecule has 0 aliphatic carbocycles. The predicted octanol–water partition coefficient (Wildman–Crippen LogP) is 3.18. The molecule has 3 aromatic rings. The Bertz CT molecular complexity index is 1080. The largest absolute Gasteiger partial charge is 0.467 e. The first kappa shape index (κ1) is 20.2. The van der Waals surface area contributed by atoms with Crippen LogP contribution in [0.3, 0.4) is 0 Å². The van der Waals surface area contributed by atoms with Crippen LogP contribution in [0.4, 0.5) is 11.5 Å². The molecule has 0 radical (unpaired) electrons. The molecule has 1 amide bonds. The van der Waals surface area contributed by atoms with E-state index in [9.17, 15) is 14.4 Å². The Morgan fingerprint density at radius 1 is 1.36 bits per heavy atom. The number of nitrogens with zero attached hydrogens (tertiary/aromatic N) is 2. The van der Waals surface area contributed by atoms with Crippen molar-refractivity contribution in [2.75, 3.05) is 10.6 Å². The van der Waals surface area contributed by atoms with Crippen LogP contribution in [0.25, 0.3) is 0 Å². The first-order valence-corrected chi connectivity index (χ1v) is 10.3. The molecule has 0 aliphatic rings. The predicted molar refractivity (Wildman–Crippen MR) is 112 cm³/mol. The summed E-state index contributed by atoms with van der Waals surface area (Å²) in [5.74, 6) is 0.0248. The highest BCUT2D eigenvalue weighted by Crippen LogP contribution is 2.27. The second-order valence-electron chi connectivity index (χ2n) is 6.07. The molecule has 10 heteroatoms. The average molecular weight is 467 g/mol. The van der Waals surface area contributed by atoms with Crippen molar-refractivity contribution in [3.63, 3.8) is 0 Å². The van der Waals surface area contributed by atoms with Gasteiger partial charge >= 0.3 is 5.69 Å². The van der Waals surface area contributed by atoms with Crippen molar-refractivity contribution in [1.29, 1.82) is 0 Å². The molecule has 0 bridgehead atoms. The molecule has 148 valence electrons. The van der Waals surface area contributed by atoms with Crippen LogP contribution in [0.2, 0.25) is 0 Å². The van der Waals surface area contributed by atoms with E-state index >= 15 is 0 Å². The van der Waals surface area contributed by atoms with E-state index in [1.807, 2.05) is 6.92 Å². The summed E-state index contributed by atoms with van der Waals surface area (Å²) in [5, 5.41) is 0. The number of hydrogen-bond acceptors (Lipinski definition) is 6. The summed E-state index contributed by atoms with van der Waals surface area (Å²) in [6, 6.07) is 6.79. The molecule has 0 aromatic carbocycles.